The Hall–Kier alpha value is -0.930. The summed E-state index contributed by atoms with van der Waals surface area (Å²) in [6.45, 7) is 2.41. The molecular weight excluding hydrogens is 217 g/mol. The summed E-state index contributed by atoms with van der Waals surface area (Å²) in [7, 11) is 0. The summed E-state index contributed by atoms with van der Waals surface area (Å²) in [6, 6.07) is 7.22. The first kappa shape index (κ1) is 12.5. The van der Waals surface area contributed by atoms with Crippen molar-refractivity contribution >= 4 is 0 Å². The lowest BCUT2D eigenvalue weighted by atomic mass is 9.94. The minimum absolute atomic E-state index is 0.180. The van der Waals surface area contributed by atoms with Gasteiger partial charge < -0.3 is 10.4 Å². The van der Waals surface area contributed by atoms with Crippen LogP contribution in [-0.2, 0) is 0 Å². The zero-order valence-electron chi connectivity index (χ0n) is 10.2. The summed E-state index contributed by atoms with van der Waals surface area (Å²) >= 11 is 0. The van der Waals surface area contributed by atoms with Gasteiger partial charge in [-0.3, -0.25) is 0 Å². The predicted molar refractivity (Wildman–Crippen MR) is 66.5 cm³/mol. The fourth-order valence-electron chi connectivity index (χ4n) is 2.64. The molecule has 1 aromatic rings. The van der Waals surface area contributed by atoms with E-state index in [-0.39, 0.29) is 11.9 Å². The van der Waals surface area contributed by atoms with E-state index in [0.29, 0.717) is 18.5 Å². The van der Waals surface area contributed by atoms with Crippen LogP contribution in [0.25, 0.3) is 0 Å². The van der Waals surface area contributed by atoms with Gasteiger partial charge in [0.05, 0.1) is 6.10 Å². The third-order valence-electron chi connectivity index (χ3n) is 3.49. The Labute approximate surface area is 102 Å². The summed E-state index contributed by atoms with van der Waals surface area (Å²) in [5.74, 6) is 0.273. The molecule has 17 heavy (non-hydrogen) atoms. The zero-order valence-corrected chi connectivity index (χ0v) is 10.2. The zero-order chi connectivity index (χ0) is 12.3. The summed E-state index contributed by atoms with van der Waals surface area (Å²) in [6.07, 6.45) is 3.15. The van der Waals surface area contributed by atoms with Gasteiger partial charge in [-0.05, 0) is 43.4 Å². The molecule has 94 valence electrons. The fourth-order valence-corrected chi connectivity index (χ4v) is 2.64. The number of benzene rings is 1. The molecule has 0 amide bonds. The first-order valence-electron chi connectivity index (χ1n) is 6.33. The van der Waals surface area contributed by atoms with Crippen LogP contribution < -0.4 is 5.32 Å². The van der Waals surface area contributed by atoms with E-state index in [1.54, 1.807) is 6.92 Å². The number of rotatable bonds is 4. The van der Waals surface area contributed by atoms with Crippen molar-refractivity contribution in [1.82, 2.24) is 5.32 Å². The second-order valence-electron chi connectivity index (χ2n) is 4.95. The molecule has 1 saturated carbocycles. The smallest absolute Gasteiger partial charge is 0.123 e. The van der Waals surface area contributed by atoms with Gasteiger partial charge in [0.15, 0.2) is 0 Å². The maximum Gasteiger partial charge on any atom is 0.123 e. The van der Waals surface area contributed by atoms with E-state index < -0.39 is 0 Å². The molecular formula is C14H20FNO. The molecule has 2 rings (SSSR count). The quantitative estimate of drug-likeness (QED) is 0.843. The van der Waals surface area contributed by atoms with Gasteiger partial charge in [0.25, 0.3) is 0 Å². The Bertz CT molecular complexity index is 350. The van der Waals surface area contributed by atoms with E-state index in [1.807, 2.05) is 12.1 Å². The number of hydrogen-bond acceptors (Lipinski definition) is 2. The van der Waals surface area contributed by atoms with E-state index in [4.69, 9.17) is 0 Å². The molecule has 1 aromatic carbocycles. The Morgan fingerprint density at radius 1 is 1.35 bits per heavy atom. The van der Waals surface area contributed by atoms with Crippen LogP contribution in [0.2, 0.25) is 0 Å². The highest BCUT2D eigenvalue weighted by Gasteiger charge is 2.28. The van der Waals surface area contributed by atoms with Gasteiger partial charge in [-0.25, -0.2) is 4.39 Å². The predicted octanol–water partition coefficient (Wildman–Crippen LogP) is 2.43. The van der Waals surface area contributed by atoms with Crippen molar-refractivity contribution in [2.75, 3.05) is 6.54 Å². The molecule has 2 N–H and O–H groups in total. The Balaban J connectivity index is 2.01. The number of halogens is 1. The molecule has 1 aliphatic rings. The van der Waals surface area contributed by atoms with Crippen LogP contribution in [0.3, 0.4) is 0 Å². The van der Waals surface area contributed by atoms with E-state index in [2.05, 4.69) is 5.32 Å². The Morgan fingerprint density at radius 2 is 2.06 bits per heavy atom. The first-order valence-corrected chi connectivity index (χ1v) is 6.33. The monoisotopic (exact) mass is 237 g/mol. The highest BCUT2D eigenvalue weighted by atomic mass is 19.1. The molecule has 0 aliphatic heterocycles. The lowest BCUT2D eigenvalue weighted by Gasteiger charge is -2.22. The molecule has 3 atom stereocenters. The molecule has 0 aromatic heterocycles. The summed E-state index contributed by atoms with van der Waals surface area (Å²) in [5, 5.41) is 12.7. The van der Waals surface area contributed by atoms with E-state index in [9.17, 15) is 9.50 Å². The van der Waals surface area contributed by atoms with E-state index in [0.717, 1.165) is 12.8 Å². The van der Waals surface area contributed by atoms with E-state index >= 15 is 0 Å². The number of nitrogens with one attached hydrogen (secondary N) is 1. The van der Waals surface area contributed by atoms with E-state index in [1.165, 1.54) is 24.1 Å². The minimum Gasteiger partial charge on any atom is -0.392 e. The van der Waals surface area contributed by atoms with Crippen LogP contribution in [0, 0.1) is 5.82 Å². The van der Waals surface area contributed by atoms with Crippen LogP contribution in [0.1, 0.15) is 37.7 Å². The molecule has 1 aliphatic carbocycles. The maximum atomic E-state index is 12.9. The number of aliphatic hydroxyl groups is 1. The van der Waals surface area contributed by atoms with Crippen LogP contribution in [0.5, 0.6) is 0 Å². The average molecular weight is 237 g/mol. The van der Waals surface area contributed by atoms with Crippen molar-refractivity contribution < 1.29 is 9.50 Å². The van der Waals surface area contributed by atoms with Gasteiger partial charge in [0, 0.05) is 12.6 Å². The van der Waals surface area contributed by atoms with Crippen LogP contribution in [0.15, 0.2) is 24.3 Å². The summed E-state index contributed by atoms with van der Waals surface area (Å²) in [4.78, 5) is 0. The third-order valence-corrected chi connectivity index (χ3v) is 3.49. The highest BCUT2D eigenvalue weighted by molar-refractivity contribution is 5.23. The summed E-state index contributed by atoms with van der Waals surface area (Å²) in [5.41, 5.74) is 1.20. The lowest BCUT2D eigenvalue weighted by Crippen LogP contribution is -2.36. The largest absolute Gasteiger partial charge is 0.392 e. The first-order chi connectivity index (χ1) is 8.16. The van der Waals surface area contributed by atoms with Gasteiger partial charge >= 0.3 is 0 Å². The van der Waals surface area contributed by atoms with Crippen molar-refractivity contribution in [3.8, 4) is 0 Å². The molecule has 0 bridgehead atoms. The average Bonchev–Trinajstić information content (AvgIpc) is 2.75. The summed E-state index contributed by atoms with van der Waals surface area (Å²) < 4.78 is 12.9. The minimum atomic E-state index is -0.315. The van der Waals surface area contributed by atoms with Crippen molar-refractivity contribution in [2.24, 2.45) is 0 Å². The number of aliphatic hydroxyl groups excluding tert-OH is 1. The van der Waals surface area contributed by atoms with Gasteiger partial charge in [0.2, 0.25) is 0 Å². The van der Waals surface area contributed by atoms with Crippen LogP contribution in [-0.4, -0.2) is 23.8 Å². The van der Waals surface area contributed by atoms with Gasteiger partial charge in [-0.15, -0.1) is 0 Å². The second kappa shape index (κ2) is 5.61. The van der Waals surface area contributed by atoms with Gasteiger partial charge in [-0.2, -0.15) is 0 Å². The highest BCUT2D eigenvalue weighted by Crippen LogP contribution is 2.34. The molecule has 0 radical (unpaired) electrons. The third kappa shape index (κ3) is 3.27. The van der Waals surface area contributed by atoms with Gasteiger partial charge in [-0.1, -0.05) is 18.6 Å². The van der Waals surface area contributed by atoms with Gasteiger partial charge in [0.1, 0.15) is 5.82 Å². The molecule has 3 unspecified atom stereocenters. The SMILES string of the molecule is CC(O)CNC1CCCC1c1ccc(F)cc1. The fraction of sp³-hybridized carbons (Fsp3) is 0.571. The molecule has 0 heterocycles. The number of hydrogen-bond donors (Lipinski definition) is 2. The van der Waals surface area contributed by atoms with Crippen LogP contribution in [0.4, 0.5) is 4.39 Å². The maximum absolute atomic E-state index is 12.9. The topological polar surface area (TPSA) is 32.3 Å². The second-order valence-corrected chi connectivity index (χ2v) is 4.95. The van der Waals surface area contributed by atoms with Crippen LogP contribution >= 0.6 is 0 Å². The lowest BCUT2D eigenvalue weighted by molar-refractivity contribution is 0.185. The van der Waals surface area contributed by atoms with Crippen molar-refractivity contribution in [3.63, 3.8) is 0 Å². The van der Waals surface area contributed by atoms with Crippen molar-refractivity contribution in [3.05, 3.63) is 35.6 Å². The Morgan fingerprint density at radius 3 is 2.71 bits per heavy atom. The molecule has 0 spiro atoms. The van der Waals surface area contributed by atoms with Crippen molar-refractivity contribution in [1.29, 1.82) is 0 Å². The molecule has 0 saturated heterocycles. The Kier molecular flexibility index (Phi) is 4.13. The normalized spacial score (nSPS) is 26.1. The molecule has 1 fully saturated rings. The molecule has 2 nitrogen and oxygen atoms in total. The molecule has 3 heteroatoms. The standard InChI is InChI=1S/C14H20FNO/c1-10(17)9-16-14-4-2-3-13(14)11-5-7-12(15)8-6-11/h5-8,10,13-14,16-17H,2-4,9H2,1H3. The van der Waals surface area contributed by atoms with Crippen molar-refractivity contribution in [2.45, 2.75) is 44.2 Å².